The maximum absolute atomic E-state index is 11.4. The molecule has 44 heavy (non-hydrogen) atoms. The van der Waals surface area contributed by atoms with E-state index < -0.39 is 0 Å². The second-order valence-corrected chi connectivity index (χ2v) is 16.3. The molecule has 2 heteroatoms. The first-order valence-electron chi connectivity index (χ1n) is 15.6. The zero-order chi connectivity index (χ0) is 32.8. The van der Waals surface area contributed by atoms with Crippen LogP contribution in [-0.4, -0.2) is 10.2 Å². The Bertz CT molecular complexity index is 1620. The van der Waals surface area contributed by atoms with Gasteiger partial charge in [-0.2, -0.15) is 0 Å². The summed E-state index contributed by atoms with van der Waals surface area (Å²) in [7, 11) is 0. The minimum atomic E-state index is -0.197. The van der Waals surface area contributed by atoms with Crippen molar-refractivity contribution in [1.29, 1.82) is 0 Å². The predicted octanol–water partition coefficient (Wildman–Crippen LogP) is 11.0. The van der Waals surface area contributed by atoms with Gasteiger partial charge in [0.25, 0.3) is 0 Å². The second-order valence-electron chi connectivity index (χ2n) is 16.3. The summed E-state index contributed by atoms with van der Waals surface area (Å²) in [5.74, 6) is 7.36. The fraction of sp³-hybridized carbons (Fsp3) is 0.381. The van der Waals surface area contributed by atoms with Gasteiger partial charge in [-0.05, 0) is 80.3 Å². The Morgan fingerprint density at radius 3 is 1.07 bits per heavy atom. The van der Waals surface area contributed by atoms with Crippen molar-refractivity contribution in [3.05, 3.63) is 106 Å². The minimum Gasteiger partial charge on any atom is -0.507 e. The zero-order valence-corrected chi connectivity index (χ0v) is 28.8. The zero-order valence-electron chi connectivity index (χ0n) is 28.8. The number of benzene rings is 4. The van der Waals surface area contributed by atoms with E-state index in [1.54, 1.807) is 0 Å². The van der Waals surface area contributed by atoms with Gasteiger partial charge in [0.1, 0.15) is 11.5 Å². The first-order chi connectivity index (χ1) is 20.2. The molecule has 0 aliphatic rings. The third-order valence-corrected chi connectivity index (χ3v) is 8.27. The topological polar surface area (TPSA) is 40.5 Å². The van der Waals surface area contributed by atoms with Crippen LogP contribution in [0.3, 0.4) is 0 Å². The summed E-state index contributed by atoms with van der Waals surface area (Å²) in [6.45, 7) is 26.0. The Balaban J connectivity index is 1.78. The highest BCUT2D eigenvalue weighted by Gasteiger charge is 2.27. The lowest BCUT2D eigenvalue weighted by Crippen LogP contribution is -2.17. The van der Waals surface area contributed by atoms with Crippen LogP contribution in [0.5, 0.6) is 11.5 Å². The predicted molar refractivity (Wildman–Crippen MR) is 188 cm³/mol. The summed E-state index contributed by atoms with van der Waals surface area (Å²) in [6, 6.07) is 24.7. The molecule has 0 aliphatic heterocycles. The number of hydrogen-bond acceptors (Lipinski definition) is 2. The van der Waals surface area contributed by atoms with E-state index in [4.69, 9.17) is 0 Å². The Hall–Kier alpha value is -3.96. The Labute approximate surface area is 266 Å². The van der Waals surface area contributed by atoms with E-state index in [-0.39, 0.29) is 21.7 Å². The van der Waals surface area contributed by atoms with Crippen LogP contribution in [0, 0.1) is 11.8 Å². The quantitative estimate of drug-likeness (QED) is 0.229. The fourth-order valence-corrected chi connectivity index (χ4v) is 5.39. The van der Waals surface area contributed by atoms with E-state index in [2.05, 4.69) is 131 Å². The van der Waals surface area contributed by atoms with Gasteiger partial charge in [0.2, 0.25) is 0 Å². The Morgan fingerprint density at radius 2 is 0.773 bits per heavy atom. The molecular weight excluding hydrogens is 536 g/mol. The molecule has 4 rings (SSSR count). The third kappa shape index (κ3) is 7.22. The molecular formula is C42H50O2. The maximum Gasteiger partial charge on any atom is 0.127 e. The summed E-state index contributed by atoms with van der Waals surface area (Å²) >= 11 is 0. The molecule has 0 heterocycles. The SMILES string of the molecule is CC(C)(C)c1cc(-c2cccc(C#Cc3cccc(-c4cc(C(C)(C)C)cc(C(C)(C)C)c4O)c3)c2)c(O)c(C(C)(C)C)c1. The second kappa shape index (κ2) is 11.5. The first-order valence-corrected chi connectivity index (χ1v) is 15.6. The van der Waals surface area contributed by atoms with Crippen molar-refractivity contribution < 1.29 is 10.2 Å². The molecule has 0 saturated carbocycles. The van der Waals surface area contributed by atoms with Crippen molar-refractivity contribution in [2.75, 3.05) is 0 Å². The van der Waals surface area contributed by atoms with Gasteiger partial charge in [0, 0.05) is 33.4 Å². The van der Waals surface area contributed by atoms with Crippen molar-refractivity contribution in [2.24, 2.45) is 0 Å². The van der Waals surface area contributed by atoms with Gasteiger partial charge < -0.3 is 10.2 Å². The van der Waals surface area contributed by atoms with Crippen molar-refractivity contribution in [3.8, 4) is 45.6 Å². The minimum absolute atomic E-state index is 0.0562. The summed E-state index contributed by atoms with van der Waals surface area (Å²) in [5, 5.41) is 22.8. The van der Waals surface area contributed by atoms with E-state index in [0.29, 0.717) is 11.5 Å². The van der Waals surface area contributed by atoms with Crippen molar-refractivity contribution in [2.45, 2.75) is 105 Å². The van der Waals surface area contributed by atoms with Crippen LogP contribution in [0.1, 0.15) is 116 Å². The molecule has 2 N–H and O–H groups in total. The van der Waals surface area contributed by atoms with Crippen LogP contribution in [0.4, 0.5) is 0 Å². The van der Waals surface area contributed by atoms with E-state index >= 15 is 0 Å². The highest BCUT2D eigenvalue weighted by Crippen LogP contribution is 2.43. The summed E-state index contributed by atoms with van der Waals surface area (Å²) in [5.41, 5.74) is 9.06. The number of rotatable bonds is 2. The van der Waals surface area contributed by atoms with Gasteiger partial charge >= 0.3 is 0 Å². The van der Waals surface area contributed by atoms with Gasteiger partial charge in [0.05, 0.1) is 0 Å². The summed E-state index contributed by atoms with van der Waals surface area (Å²) in [6.07, 6.45) is 0. The largest absolute Gasteiger partial charge is 0.507 e. The van der Waals surface area contributed by atoms with Crippen LogP contribution in [-0.2, 0) is 21.7 Å². The molecule has 0 saturated heterocycles. The first kappa shape index (κ1) is 32.9. The van der Waals surface area contributed by atoms with Crippen molar-refractivity contribution in [1.82, 2.24) is 0 Å². The molecule has 0 atom stereocenters. The molecule has 0 fully saturated rings. The van der Waals surface area contributed by atoms with Gasteiger partial charge in [-0.15, -0.1) is 0 Å². The van der Waals surface area contributed by atoms with Gasteiger partial charge in [0.15, 0.2) is 0 Å². The number of phenols is 2. The van der Waals surface area contributed by atoms with E-state index in [1.807, 2.05) is 36.4 Å². The molecule has 0 aromatic heterocycles. The normalized spacial score (nSPS) is 12.5. The van der Waals surface area contributed by atoms with Crippen molar-refractivity contribution in [3.63, 3.8) is 0 Å². The van der Waals surface area contributed by atoms with Gasteiger partial charge in [-0.3, -0.25) is 0 Å². The molecule has 0 radical (unpaired) electrons. The lowest BCUT2D eigenvalue weighted by molar-refractivity contribution is 0.446. The van der Waals surface area contributed by atoms with Crippen LogP contribution >= 0.6 is 0 Å². The molecule has 4 aromatic rings. The van der Waals surface area contributed by atoms with Crippen LogP contribution in [0.15, 0.2) is 72.8 Å². The monoisotopic (exact) mass is 586 g/mol. The highest BCUT2D eigenvalue weighted by atomic mass is 16.3. The lowest BCUT2D eigenvalue weighted by atomic mass is 9.78. The standard InChI is InChI=1S/C42H50O2/c1-39(2,3)31-23-33(37(43)35(25-31)41(7,8)9)29-17-13-15-27(21-29)19-20-28-16-14-18-30(22-28)34-24-32(40(4,5)6)26-36(38(34)44)42(10,11)12/h13-18,21-26,43-44H,1-12H3. The van der Waals surface area contributed by atoms with E-state index in [9.17, 15) is 10.2 Å². The maximum atomic E-state index is 11.4. The van der Waals surface area contributed by atoms with Gasteiger partial charge in [-0.1, -0.05) is 131 Å². The molecule has 230 valence electrons. The van der Waals surface area contributed by atoms with Gasteiger partial charge in [-0.25, -0.2) is 0 Å². The summed E-state index contributed by atoms with van der Waals surface area (Å²) < 4.78 is 0. The summed E-state index contributed by atoms with van der Waals surface area (Å²) in [4.78, 5) is 0. The van der Waals surface area contributed by atoms with E-state index in [1.165, 1.54) is 11.1 Å². The molecule has 4 aromatic carbocycles. The van der Waals surface area contributed by atoms with Crippen LogP contribution in [0.2, 0.25) is 0 Å². The third-order valence-electron chi connectivity index (χ3n) is 8.27. The molecule has 0 unspecified atom stereocenters. The Morgan fingerprint density at radius 1 is 0.432 bits per heavy atom. The van der Waals surface area contributed by atoms with Crippen molar-refractivity contribution >= 4 is 0 Å². The Kier molecular flexibility index (Phi) is 8.62. The number of phenolic OH excluding ortho intramolecular Hbond substituents is 2. The van der Waals surface area contributed by atoms with Crippen LogP contribution in [0.25, 0.3) is 22.3 Å². The average Bonchev–Trinajstić information content (AvgIpc) is 2.90. The molecule has 0 amide bonds. The molecule has 2 nitrogen and oxygen atoms in total. The smallest absolute Gasteiger partial charge is 0.127 e. The molecule has 0 aliphatic carbocycles. The number of hydrogen-bond donors (Lipinski definition) is 2. The van der Waals surface area contributed by atoms with Crippen LogP contribution < -0.4 is 0 Å². The molecule has 0 spiro atoms. The highest BCUT2D eigenvalue weighted by molar-refractivity contribution is 5.76. The average molecular weight is 587 g/mol. The lowest BCUT2D eigenvalue weighted by Gasteiger charge is -2.27. The number of aromatic hydroxyl groups is 2. The molecule has 0 bridgehead atoms. The van der Waals surface area contributed by atoms with E-state index in [0.717, 1.165) is 44.5 Å². The fourth-order valence-electron chi connectivity index (χ4n) is 5.39.